The Kier molecular flexibility index (Phi) is 8.32. The zero-order valence-electron chi connectivity index (χ0n) is 11.6. The van der Waals surface area contributed by atoms with Crippen LogP contribution in [0.1, 0.15) is 34.1 Å². The highest BCUT2D eigenvalue weighted by atomic mass is 16.6. The van der Waals surface area contributed by atoms with Crippen LogP contribution < -0.4 is 5.32 Å². The summed E-state index contributed by atoms with van der Waals surface area (Å²) in [6.07, 6.45) is -0.618. The molecule has 0 rings (SSSR count). The van der Waals surface area contributed by atoms with Crippen molar-refractivity contribution in [3.05, 3.63) is 0 Å². The first-order chi connectivity index (χ1) is 8.35. The summed E-state index contributed by atoms with van der Waals surface area (Å²) >= 11 is 0. The molecule has 0 saturated heterocycles. The molecule has 18 heavy (non-hydrogen) atoms. The summed E-state index contributed by atoms with van der Waals surface area (Å²) in [5.41, 5.74) is -0.613. The molecular weight excluding hydrogens is 238 g/mol. The minimum atomic E-state index is -0.734. The third-order valence-corrected chi connectivity index (χ3v) is 1.69. The molecule has 0 aliphatic rings. The Morgan fingerprint density at radius 3 is 2.22 bits per heavy atom. The molecule has 0 unspecified atom stereocenters. The van der Waals surface area contributed by atoms with Crippen LogP contribution >= 0.6 is 0 Å². The van der Waals surface area contributed by atoms with Crippen molar-refractivity contribution < 1.29 is 23.8 Å². The van der Waals surface area contributed by atoms with E-state index in [1.165, 1.54) is 0 Å². The number of hydrogen-bond donors (Lipinski definition) is 1. The van der Waals surface area contributed by atoms with Gasteiger partial charge in [0.05, 0.1) is 26.2 Å². The van der Waals surface area contributed by atoms with Gasteiger partial charge >= 0.3 is 6.09 Å². The number of nitrogens with one attached hydrogen (secondary N) is 1. The van der Waals surface area contributed by atoms with Crippen molar-refractivity contribution in [3.63, 3.8) is 0 Å². The molecule has 1 N–H and O–H groups in total. The van der Waals surface area contributed by atoms with Crippen molar-refractivity contribution in [2.75, 3.05) is 26.4 Å². The van der Waals surface area contributed by atoms with E-state index < -0.39 is 17.6 Å². The second kappa shape index (κ2) is 8.88. The first-order valence-corrected chi connectivity index (χ1v) is 6.03. The van der Waals surface area contributed by atoms with Crippen molar-refractivity contribution in [2.24, 2.45) is 0 Å². The van der Waals surface area contributed by atoms with Gasteiger partial charge in [-0.1, -0.05) is 0 Å². The predicted octanol–water partition coefficient (Wildman–Crippen LogP) is 1.48. The van der Waals surface area contributed by atoms with Crippen LogP contribution in [0.5, 0.6) is 0 Å². The van der Waals surface area contributed by atoms with Gasteiger partial charge in [-0.15, -0.1) is 0 Å². The molecule has 0 aliphatic carbocycles. The average Bonchev–Trinajstić information content (AvgIpc) is 2.20. The molecule has 6 heteroatoms. The van der Waals surface area contributed by atoms with Crippen LogP contribution in [0.3, 0.4) is 0 Å². The number of hydrogen-bond acceptors (Lipinski definition) is 5. The van der Waals surface area contributed by atoms with E-state index in [2.05, 4.69) is 5.32 Å². The van der Waals surface area contributed by atoms with Crippen molar-refractivity contribution in [3.8, 4) is 0 Å². The maximum absolute atomic E-state index is 11.3. The molecule has 0 aromatic carbocycles. The maximum atomic E-state index is 11.3. The maximum Gasteiger partial charge on any atom is 0.414 e. The first kappa shape index (κ1) is 16.9. The van der Waals surface area contributed by atoms with Gasteiger partial charge in [-0.05, 0) is 27.7 Å². The third kappa shape index (κ3) is 11.3. The first-order valence-electron chi connectivity index (χ1n) is 6.03. The highest BCUT2D eigenvalue weighted by molar-refractivity contribution is 5.91. The fourth-order valence-electron chi connectivity index (χ4n) is 1.01. The molecule has 0 bridgehead atoms. The normalized spacial score (nSPS) is 11.1. The van der Waals surface area contributed by atoms with E-state index in [9.17, 15) is 9.59 Å². The minimum absolute atomic E-state index is 0.116. The number of carbonyl (C=O) groups is 2. The molecule has 0 radical (unpaired) electrons. The highest BCUT2D eigenvalue weighted by Gasteiger charge is 2.17. The quantitative estimate of drug-likeness (QED) is 0.703. The number of amides is 2. The Hall–Kier alpha value is -1.14. The summed E-state index contributed by atoms with van der Waals surface area (Å²) in [7, 11) is 0. The van der Waals surface area contributed by atoms with Gasteiger partial charge in [0.15, 0.2) is 0 Å². The van der Waals surface area contributed by atoms with Crippen molar-refractivity contribution in [2.45, 2.75) is 39.7 Å². The number of alkyl carbamates (subject to hydrolysis) is 1. The fourth-order valence-corrected chi connectivity index (χ4v) is 1.01. The minimum Gasteiger partial charge on any atom is -0.444 e. The number of carbonyl (C=O) groups excluding carboxylic acids is 2. The number of ether oxygens (including phenoxy) is 3. The van der Waals surface area contributed by atoms with Gasteiger partial charge in [-0.2, -0.15) is 0 Å². The van der Waals surface area contributed by atoms with E-state index >= 15 is 0 Å². The standard InChI is InChI=1S/C12H23NO5/c1-5-16-8-9-17-7-6-10(14)13-11(15)18-12(2,3)4/h5-9H2,1-4H3,(H,13,14,15). The molecule has 2 amide bonds. The van der Waals surface area contributed by atoms with Crippen molar-refractivity contribution in [1.82, 2.24) is 5.32 Å². The molecular formula is C12H23NO5. The van der Waals surface area contributed by atoms with Gasteiger partial charge in [-0.25, -0.2) is 4.79 Å². The van der Waals surface area contributed by atoms with Crippen molar-refractivity contribution >= 4 is 12.0 Å². The van der Waals surface area contributed by atoms with Crippen LogP contribution in [0.2, 0.25) is 0 Å². The summed E-state index contributed by atoms with van der Waals surface area (Å²) in [6, 6.07) is 0. The Morgan fingerprint density at radius 2 is 1.67 bits per heavy atom. The summed E-state index contributed by atoms with van der Waals surface area (Å²) < 4.78 is 15.1. The Morgan fingerprint density at radius 1 is 1.06 bits per heavy atom. The summed E-state index contributed by atoms with van der Waals surface area (Å²) in [5.74, 6) is -0.416. The van der Waals surface area contributed by atoms with Gasteiger partial charge < -0.3 is 14.2 Å². The van der Waals surface area contributed by atoms with E-state index in [4.69, 9.17) is 14.2 Å². The van der Waals surface area contributed by atoms with Gasteiger partial charge in [0.25, 0.3) is 0 Å². The zero-order valence-corrected chi connectivity index (χ0v) is 11.6. The lowest BCUT2D eigenvalue weighted by Crippen LogP contribution is -2.36. The van der Waals surface area contributed by atoms with E-state index in [0.717, 1.165) is 0 Å². The van der Waals surface area contributed by atoms with Crippen LogP contribution in [0.4, 0.5) is 4.79 Å². The smallest absolute Gasteiger partial charge is 0.414 e. The van der Waals surface area contributed by atoms with Gasteiger partial charge in [0.2, 0.25) is 5.91 Å². The summed E-state index contributed by atoms with van der Waals surface area (Å²) in [5, 5.41) is 2.13. The number of imide groups is 1. The lowest BCUT2D eigenvalue weighted by Gasteiger charge is -2.19. The van der Waals surface area contributed by atoms with Crippen LogP contribution in [0.25, 0.3) is 0 Å². The molecule has 0 fully saturated rings. The summed E-state index contributed by atoms with van der Waals surface area (Å²) in [4.78, 5) is 22.5. The largest absolute Gasteiger partial charge is 0.444 e. The fraction of sp³-hybridized carbons (Fsp3) is 0.833. The van der Waals surface area contributed by atoms with E-state index in [-0.39, 0.29) is 13.0 Å². The third-order valence-electron chi connectivity index (χ3n) is 1.69. The number of rotatable bonds is 7. The molecule has 0 saturated carbocycles. The van der Waals surface area contributed by atoms with Gasteiger partial charge in [0.1, 0.15) is 5.60 Å². The van der Waals surface area contributed by atoms with E-state index in [1.807, 2.05) is 6.92 Å². The SMILES string of the molecule is CCOCCOCCC(=O)NC(=O)OC(C)(C)C. The molecule has 106 valence electrons. The summed E-state index contributed by atoms with van der Waals surface area (Å²) in [6.45, 7) is 8.92. The lowest BCUT2D eigenvalue weighted by atomic mass is 10.2. The Balaban J connectivity index is 3.56. The Bertz CT molecular complexity index is 260. The van der Waals surface area contributed by atoms with Crippen LogP contribution in [0.15, 0.2) is 0 Å². The van der Waals surface area contributed by atoms with Gasteiger partial charge in [-0.3, -0.25) is 10.1 Å². The van der Waals surface area contributed by atoms with E-state index in [1.54, 1.807) is 20.8 Å². The molecule has 6 nitrogen and oxygen atoms in total. The second-order valence-corrected chi connectivity index (χ2v) is 4.61. The monoisotopic (exact) mass is 261 g/mol. The predicted molar refractivity (Wildman–Crippen MR) is 66.3 cm³/mol. The lowest BCUT2D eigenvalue weighted by molar-refractivity contribution is -0.121. The van der Waals surface area contributed by atoms with Crippen LogP contribution in [0, 0.1) is 0 Å². The molecule has 0 heterocycles. The zero-order chi connectivity index (χ0) is 14.0. The molecule has 0 aliphatic heterocycles. The van der Waals surface area contributed by atoms with Crippen LogP contribution in [-0.2, 0) is 19.0 Å². The highest BCUT2D eigenvalue weighted by Crippen LogP contribution is 2.06. The average molecular weight is 261 g/mol. The molecule has 0 atom stereocenters. The second-order valence-electron chi connectivity index (χ2n) is 4.61. The molecule has 0 aromatic heterocycles. The molecule has 0 aromatic rings. The Labute approximate surface area is 108 Å². The van der Waals surface area contributed by atoms with Crippen molar-refractivity contribution in [1.29, 1.82) is 0 Å². The molecule has 0 spiro atoms. The van der Waals surface area contributed by atoms with Gasteiger partial charge in [0, 0.05) is 6.61 Å². The van der Waals surface area contributed by atoms with E-state index in [0.29, 0.717) is 19.8 Å². The topological polar surface area (TPSA) is 73.9 Å². The van der Waals surface area contributed by atoms with Crippen LogP contribution in [-0.4, -0.2) is 44.0 Å².